The van der Waals surface area contributed by atoms with Gasteiger partial charge in [0.1, 0.15) is 5.52 Å². The zero-order valence-corrected chi connectivity index (χ0v) is 7.11. The molecule has 0 saturated carbocycles. The van der Waals surface area contributed by atoms with Gasteiger partial charge in [-0.1, -0.05) is 13.8 Å². The molecule has 0 radical (unpaired) electrons. The fourth-order valence-corrected chi connectivity index (χ4v) is 1.03. The summed E-state index contributed by atoms with van der Waals surface area (Å²) in [6.07, 6.45) is 1.71. The largest absolute Gasteiger partial charge is 0.422 e. The lowest BCUT2D eigenvalue weighted by molar-refractivity contribution is 0.494. The van der Waals surface area contributed by atoms with Crippen molar-refractivity contribution in [3.05, 3.63) is 24.2 Å². The van der Waals surface area contributed by atoms with Crippen LogP contribution in [0.15, 0.2) is 22.7 Å². The number of hydrogen-bond donors (Lipinski definition) is 0. The number of oxazole rings is 1. The highest BCUT2D eigenvalue weighted by atomic mass is 16.4. The van der Waals surface area contributed by atoms with E-state index in [0.29, 0.717) is 11.6 Å². The van der Waals surface area contributed by atoms with Crippen LogP contribution in [0, 0.1) is 0 Å². The van der Waals surface area contributed by atoms with E-state index in [1.54, 1.807) is 6.20 Å². The first-order valence-electron chi connectivity index (χ1n) is 3.99. The van der Waals surface area contributed by atoms with Gasteiger partial charge in [-0.25, -0.2) is 9.97 Å². The standard InChI is InChI=1S/C9H10N2O/c1-6(2)8-11-7-4-3-5-10-9(7)12-8/h3-6H,1-2H3. The Morgan fingerprint density at radius 1 is 1.42 bits per heavy atom. The number of nitrogens with zero attached hydrogens (tertiary/aromatic N) is 2. The molecule has 0 atom stereocenters. The summed E-state index contributed by atoms with van der Waals surface area (Å²) in [5.74, 6) is 1.07. The topological polar surface area (TPSA) is 38.9 Å². The molecule has 3 heteroatoms. The van der Waals surface area contributed by atoms with Crippen LogP contribution in [0.2, 0.25) is 0 Å². The van der Waals surface area contributed by atoms with Gasteiger partial charge in [0, 0.05) is 12.1 Å². The van der Waals surface area contributed by atoms with Crippen molar-refractivity contribution >= 4 is 11.2 Å². The van der Waals surface area contributed by atoms with Gasteiger partial charge in [0.15, 0.2) is 5.89 Å². The van der Waals surface area contributed by atoms with E-state index in [4.69, 9.17) is 4.42 Å². The number of fused-ring (bicyclic) bond motifs is 1. The van der Waals surface area contributed by atoms with Crippen molar-refractivity contribution in [3.63, 3.8) is 0 Å². The predicted octanol–water partition coefficient (Wildman–Crippen LogP) is 2.35. The quantitative estimate of drug-likeness (QED) is 0.646. The van der Waals surface area contributed by atoms with Gasteiger partial charge in [0.2, 0.25) is 5.71 Å². The summed E-state index contributed by atoms with van der Waals surface area (Å²) in [6, 6.07) is 3.76. The van der Waals surface area contributed by atoms with Crippen molar-refractivity contribution in [3.8, 4) is 0 Å². The maximum atomic E-state index is 5.41. The van der Waals surface area contributed by atoms with Gasteiger partial charge in [0.05, 0.1) is 0 Å². The summed E-state index contributed by atoms with van der Waals surface area (Å²) >= 11 is 0. The van der Waals surface area contributed by atoms with E-state index in [1.165, 1.54) is 0 Å². The van der Waals surface area contributed by atoms with E-state index < -0.39 is 0 Å². The maximum Gasteiger partial charge on any atom is 0.246 e. The van der Waals surface area contributed by atoms with Crippen LogP contribution in [0.5, 0.6) is 0 Å². The zero-order valence-electron chi connectivity index (χ0n) is 7.11. The minimum Gasteiger partial charge on any atom is -0.422 e. The molecule has 0 aliphatic rings. The molecule has 2 aromatic rings. The Hall–Kier alpha value is -1.38. The average molecular weight is 162 g/mol. The predicted molar refractivity (Wildman–Crippen MR) is 45.9 cm³/mol. The van der Waals surface area contributed by atoms with Gasteiger partial charge < -0.3 is 4.42 Å². The molecule has 0 aromatic carbocycles. The van der Waals surface area contributed by atoms with Gasteiger partial charge in [-0.15, -0.1) is 0 Å². The SMILES string of the molecule is CC(C)c1nc2cccnc2o1. The second-order valence-electron chi connectivity index (χ2n) is 3.03. The van der Waals surface area contributed by atoms with Crippen LogP contribution in [0.4, 0.5) is 0 Å². The lowest BCUT2D eigenvalue weighted by atomic mass is 10.2. The van der Waals surface area contributed by atoms with Gasteiger partial charge in [-0.3, -0.25) is 0 Å². The Morgan fingerprint density at radius 2 is 2.25 bits per heavy atom. The first-order chi connectivity index (χ1) is 5.77. The van der Waals surface area contributed by atoms with Crippen molar-refractivity contribution in [2.75, 3.05) is 0 Å². The molecule has 0 fully saturated rings. The second kappa shape index (κ2) is 2.59. The van der Waals surface area contributed by atoms with Crippen LogP contribution >= 0.6 is 0 Å². The highest BCUT2D eigenvalue weighted by Crippen LogP contribution is 2.18. The second-order valence-corrected chi connectivity index (χ2v) is 3.03. The van der Waals surface area contributed by atoms with Crippen LogP contribution in [-0.4, -0.2) is 9.97 Å². The number of pyridine rings is 1. The summed E-state index contributed by atoms with van der Waals surface area (Å²) in [7, 11) is 0. The first-order valence-corrected chi connectivity index (χ1v) is 3.99. The summed E-state index contributed by atoms with van der Waals surface area (Å²) in [5.41, 5.74) is 1.46. The van der Waals surface area contributed by atoms with Gasteiger partial charge in [-0.05, 0) is 12.1 Å². The molecule has 2 aromatic heterocycles. The Morgan fingerprint density at radius 3 is 2.92 bits per heavy atom. The number of rotatable bonds is 1. The van der Waals surface area contributed by atoms with Gasteiger partial charge >= 0.3 is 0 Å². The molecule has 0 bridgehead atoms. The molecule has 2 heterocycles. The molecule has 3 nitrogen and oxygen atoms in total. The van der Waals surface area contributed by atoms with Gasteiger partial charge in [0.25, 0.3) is 0 Å². The summed E-state index contributed by atoms with van der Waals surface area (Å²) < 4.78 is 5.41. The van der Waals surface area contributed by atoms with Crippen LogP contribution in [-0.2, 0) is 0 Å². The maximum absolute atomic E-state index is 5.41. The lowest BCUT2D eigenvalue weighted by Crippen LogP contribution is -1.84. The molecule has 0 N–H and O–H groups in total. The number of aromatic nitrogens is 2. The highest BCUT2D eigenvalue weighted by molar-refractivity contribution is 5.67. The Labute approximate surface area is 70.4 Å². The molecule has 0 spiro atoms. The summed E-state index contributed by atoms with van der Waals surface area (Å²) in [6.45, 7) is 4.09. The smallest absolute Gasteiger partial charge is 0.246 e. The molecular formula is C9H10N2O. The average Bonchev–Trinajstić information content (AvgIpc) is 2.46. The van der Waals surface area contributed by atoms with Crippen LogP contribution in [0.3, 0.4) is 0 Å². The molecule has 0 amide bonds. The fourth-order valence-electron chi connectivity index (χ4n) is 1.03. The van der Waals surface area contributed by atoms with Crippen LogP contribution < -0.4 is 0 Å². The molecule has 62 valence electrons. The van der Waals surface area contributed by atoms with E-state index in [2.05, 4.69) is 9.97 Å². The van der Waals surface area contributed by atoms with Crippen molar-refractivity contribution in [2.45, 2.75) is 19.8 Å². The molecule has 2 rings (SSSR count). The highest BCUT2D eigenvalue weighted by Gasteiger charge is 2.08. The third-order valence-electron chi connectivity index (χ3n) is 1.68. The molecule has 0 saturated heterocycles. The summed E-state index contributed by atoms with van der Waals surface area (Å²) in [4.78, 5) is 8.34. The van der Waals surface area contributed by atoms with Gasteiger partial charge in [-0.2, -0.15) is 0 Å². The monoisotopic (exact) mass is 162 g/mol. The Bertz CT molecular complexity index is 359. The molecule has 0 unspecified atom stereocenters. The summed E-state index contributed by atoms with van der Waals surface area (Å²) in [5, 5.41) is 0. The van der Waals surface area contributed by atoms with E-state index >= 15 is 0 Å². The zero-order chi connectivity index (χ0) is 8.55. The Kier molecular flexibility index (Phi) is 1.57. The molecule has 0 aliphatic carbocycles. The minimum absolute atomic E-state index is 0.319. The third-order valence-corrected chi connectivity index (χ3v) is 1.68. The van der Waals surface area contributed by atoms with E-state index in [1.807, 2.05) is 26.0 Å². The third kappa shape index (κ3) is 1.07. The fraction of sp³-hybridized carbons (Fsp3) is 0.333. The molecule has 0 aliphatic heterocycles. The lowest BCUT2D eigenvalue weighted by Gasteiger charge is -1.93. The van der Waals surface area contributed by atoms with Crippen molar-refractivity contribution in [2.24, 2.45) is 0 Å². The van der Waals surface area contributed by atoms with Crippen molar-refractivity contribution < 1.29 is 4.42 Å². The van der Waals surface area contributed by atoms with E-state index in [0.717, 1.165) is 11.4 Å². The first kappa shape index (κ1) is 7.28. The van der Waals surface area contributed by atoms with E-state index in [-0.39, 0.29) is 0 Å². The Balaban J connectivity index is 2.62. The molecular weight excluding hydrogens is 152 g/mol. The minimum atomic E-state index is 0.319. The normalized spacial score (nSPS) is 11.2. The van der Waals surface area contributed by atoms with Crippen LogP contribution in [0.25, 0.3) is 11.2 Å². The van der Waals surface area contributed by atoms with Crippen molar-refractivity contribution in [1.29, 1.82) is 0 Å². The number of hydrogen-bond acceptors (Lipinski definition) is 3. The van der Waals surface area contributed by atoms with Crippen LogP contribution in [0.1, 0.15) is 25.7 Å². The molecule has 12 heavy (non-hydrogen) atoms. The van der Waals surface area contributed by atoms with Crippen molar-refractivity contribution in [1.82, 2.24) is 9.97 Å². The van der Waals surface area contributed by atoms with E-state index in [9.17, 15) is 0 Å².